The Morgan fingerprint density at radius 2 is 1.79 bits per heavy atom. The van der Waals surface area contributed by atoms with Crippen LogP contribution in [0, 0.1) is 12.8 Å². The van der Waals surface area contributed by atoms with Crippen molar-refractivity contribution in [2.45, 2.75) is 26.2 Å². The normalized spacial score (nSPS) is 17.9. The zero-order valence-corrected chi connectivity index (χ0v) is 14.0. The molecule has 0 radical (unpaired) electrons. The van der Waals surface area contributed by atoms with Crippen molar-refractivity contribution in [3.05, 3.63) is 47.8 Å². The molecular formula is C19H22N4O. The second-order valence-corrected chi connectivity index (χ2v) is 6.69. The van der Waals surface area contributed by atoms with Crippen LogP contribution in [0.1, 0.15) is 24.0 Å². The molecule has 3 heterocycles. The number of aromatic nitrogens is 2. The predicted molar refractivity (Wildman–Crippen MR) is 94.2 cm³/mol. The summed E-state index contributed by atoms with van der Waals surface area (Å²) in [5, 5.41) is 0. The van der Waals surface area contributed by atoms with E-state index in [-0.39, 0.29) is 11.8 Å². The fourth-order valence-electron chi connectivity index (χ4n) is 3.66. The van der Waals surface area contributed by atoms with E-state index in [1.165, 1.54) is 5.56 Å². The first kappa shape index (κ1) is 15.1. The Labute approximate surface area is 142 Å². The second-order valence-electron chi connectivity index (χ2n) is 6.69. The van der Waals surface area contributed by atoms with Crippen molar-refractivity contribution in [1.29, 1.82) is 0 Å². The Bertz CT molecular complexity index is 735. The highest BCUT2D eigenvalue weighted by Crippen LogP contribution is 2.31. The highest BCUT2D eigenvalue weighted by atomic mass is 16.2. The van der Waals surface area contributed by atoms with Crippen LogP contribution in [-0.4, -0.2) is 35.5 Å². The van der Waals surface area contributed by atoms with Gasteiger partial charge in [-0.15, -0.1) is 0 Å². The van der Waals surface area contributed by atoms with E-state index in [1.54, 1.807) is 0 Å². The molecule has 0 saturated carbocycles. The molecule has 0 atom stereocenters. The van der Waals surface area contributed by atoms with Crippen molar-refractivity contribution in [2.24, 2.45) is 5.92 Å². The SMILES string of the molecule is Cc1cnc(N2CCC(C(=O)N3CCc4ccccc43)CC2)nc1. The number of hydrogen-bond donors (Lipinski definition) is 0. The minimum Gasteiger partial charge on any atom is -0.341 e. The molecule has 4 rings (SSSR count). The van der Waals surface area contributed by atoms with Crippen molar-refractivity contribution in [1.82, 2.24) is 9.97 Å². The van der Waals surface area contributed by atoms with E-state index in [0.717, 1.165) is 56.1 Å². The van der Waals surface area contributed by atoms with E-state index in [9.17, 15) is 4.79 Å². The zero-order valence-electron chi connectivity index (χ0n) is 14.0. The molecule has 0 aliphatic carbocycles. The molecule has 0 N–H and O–H groups in total. The number of hydrogen-bond acceptors (Lipinski definition) is 4. The maximum absolute atomic E-state index is 12.9. The van der Waals surface area contributed by atoms with E-state index in [2.05, 4.69) is 27.0 Å². The van der Waals surface area contributed by atoms with Gasteiger partial charge in [-0.3, -0.25) is 4.79 Å². The number of nitrogens with zero attached hydrogens (tertiary/aromatic N) is 4. The third-order valence-corrected chi connectivity index (χ3v) is 5.05. The maximum Gasteiger partial charge on any atom is 0.230 e. The number of rotatable bonds is 2. The number of piperidine rings is 1. The lowest BCUT2D eigenvalue weighted by Crippen LogP contribution is -2.42. The van der Waals surface area contributed by atoms with Gasteiger partial charge in [0.05, 0.1) is 0 Å². The van der Waals surface area contributed by atoms with Crippen LogP contribution in [0.15, 0.2) is 36.7 Å². The van der Waals surface area contributed by atoms with Gasteiger partial charge < -0.3 is 9.80 Å². The molecular weight excluding hydrogens is 300 g/mol. The molecule has 1 saturated heterocycles. The molecule has 1 amide bonds. The van der Waals surface area contributed by atoms with Crippen molar-refractivity contribution in [3.8, 4) is 0 Å². The van der Waals surface area contributed by atoms with Crippen LogP contribution in [0.3, 0.4) is 0 Å². The minimum absolute atomic E-state index is 0.109. The van der Waals surface area contributed by atoms with Gasteiger partial charge in [-0.05, 0) is 43.4 Å². The van der Waals surface area contributed by atoms with E-state index in [4.69, 9.17) is 0 Å². The molecule has 0 unspecified atom stereocenters. The Hall–Kier alpha value is -2.43. The summed E-state index contributed by atoms with van der Waals surface area (Å²) in [4.78, 5) is 25.9. The molecule has 2 aromatic rings. The first-order chi connectivity index (χ1) is 11.7. The number of benzene rings is 1. The Morgan fingerprint density at radius 3 is 2.54 bits per heavy atom. The maximum atomic E-state index is 12.9. The van der Waals surface area contributed by atoms with E-state index in [0.29, 0.717) is 0 Å². The fourth-order valence-corrected chi connectivity index (χ4v) is 3.66. The molecule has 0 bridgehead atoms. The number of carbonyl (C=O) groups excluding carboxylic acids is 1. The lowest BCUT2D eigenvalue weighted by Gasteiger charge is -2.33. The Kier molecular flexibility index (Phi) is 3.92. The molecule has 2 aliphatic rings. The van der Waals surface area contributed by atoms with Gasteiger partial charge in [-0.25, -0.2) is 9.97 Å². The predicted octanol–water partition coefficient (Wildman–Crippen LogP) is 2.59. The second kappa shape index (κ2) is 6.23. The lowest BCUT2D eigenvalue weighted by atomic mass is 9.95. The molecule has 1 aromatic carbocycles. The Morgan fingerprint density at radius 1 is 1.08 bits per heavy atom. The van der Waals surface area contributed by atoms with Crippen molar-refractivity contribution in [3.63, 3.8) is 0 Å². The van der Waals surface area contributed by atoms with Crippen LogP contribution in [0.5, 0.6) is 0 Å². The summed E-state index contributed by atoms with van der Waals surface area (Å²) in [5.41, 5.74) is 3.46. The van der Waals surface area contributed by atoms with Crippen LogP contribution in [-0.2, 0) is 11.2 Å². The molecule has 5 heteroatoms. The summed E-state index contributed by atoms with van der Waals surface area (Å²) in [6.07, 6.45) is 6.41. The fraction of sp³-hybridized carbons (Fsp3) is 0.421. The van der Waals surface area contributed by atoms with E-state index < -0.39 is 0 Å². The van der Waals surface area contributed by atoms with Gasteiger partial charge in [0, 0.05) is 43.6 Å². The standard InChI is InChI=1S/C19H22N4O/c1-14-12-20-19(21-13-14)22-9-6-16(7-10-22)18(24)23-11-8-15-4-2-3-5-17(15)23/h2-5,12-13,16H,6-11H2,1H3. The molecule has 2 aliphatic heterocycles. The van der Waals surface area contributed by atoms with Gasteiger partial charge in [-0.2, -0.15) is 0 Å². The Balaban J connectivity index is 1.41. The summed E-state index contributed by atoms with van der Waals surface area (Å²) in [6.45, 7) is 4.49. The molecule has 1 aromatic heterocycles. The first-order valence-corrected chi connectivity index (χ1v) is 8.65. The van der Waals surface area contributed by atoms with Gasteiger partial charge in [0.2, 0.25) is 11.9 Å². The number of fused-ring (bicyclic) bond motifs is 1. The van der Waals surface area contributed by atoms with Crippen LogP contribution in [0.2, 0.25) is 0 Å². The number of anilines is 2. The quantitative estimate of drug-likeness (QED) is 0.853. The molecule has 24 heavy (non-hydrogen) atoms. The molecule has 124 valence electrons. The third kappa shape index (κ3) is 2.75. The number of amides is 1. The number of para-hydroxylation sites is 1. The summed E-state index contributed by atoms with van der Waals surface area (Å²) in [6, 6.07) is 8.25. The number of carbonyl (C=O) groups is 1. The van der Waals surface area contributed by atoms with Crippen LogP contribution in [0.25, 0.3) is 0 Å². The first-order valence-electron chi connectivity index (χ1n) is 8.65. The summed E-state index contributed by atoms with van der Waals surface area (Å²) < 4.78 is 0. The monoisotopic (exact) mass is 322 g/mol. The summed E-state index contributed by atoms with van der Waals surface area (Å²) in [5.74, 6) is 1.17. The van der Waals surface area contributed by atoms with Gasteiger partial charge in [-0.1, -0.05) is 18.2 Å². The van der Waals surface area contributed by atoms with Gasteiger partial charge in [0.15, 0.2) is 0 Å². The van der Waals surface area contributed by atoms with Crippen LogP contribution >= 0.6 is 0 Å². The van der Waals surface area contributed by atoms with Gasteiger partial charge in [0.1, 0.15) is 0 Å². The van der Waals surface area contributed by atoms with Crippen LogP contribution in [0.4, 0.5) is 11.6 Å². The largest absolute Gasteiger partial charge is 0.341 e. The minimum atomic E-state index is 0.109. The van der Waals surface area contributed by atoms with Crippen molar-refractivity contribution < 1.29 is 4.79 Å². The topological polar surface area (TPSA) is 49.3 Å². The molecule has 0 spiro atoms. The van der Waals surface area contributed by atoms with Crippen molar-refractivity contribution >= 4 is 17.5 Å². The average Bonchev–Trinajstić information content (AvgIpc) is 3.06. The van der Waals surface area contributed by atoms with Crippen LogP contribution < -0.4 is 9.80 Å². The molecule has 1 fully saturated rings. The smallest absolute Gasteiger partial charge is 0.230 e. The summed E-state index contributed by atoms with van der Waals surface area (Å²) >= 11 is 0. The highest BCUT2D eigenvalue weighted by molar-refractivity contribution is 5.97. The summed E-state index contributed by atoms with van der Waals surface area (Å²) in [7, 11) is 0. The van der Waals surface area contributed by atoms with E-state index >= 15 is 0 Å². The lowest BCUT2D eigenvalue weighted by molar-refractivity contribution is -0.122. The van der Waals surface area contributed by atoms with Gasteiger partial charge in [0.25, 0.3) is 0 Å². The zero-order chi connectivity index (χ0) is 16.5. The third-order valence-electron chi connectivity index (χ3n) is 5.05. The van der Waals surface area contributed by atoms with Gasteiger partial charge >= 0.3 is 0 Å². The van der Waals surface area contributed by atoms with E-state index in [1.807, 2.05) is 36.4 Å². The molecule has 5 nitrogen and oxygen atoms in total. The number of aryl methyl sites for hydroxylation is 1. The van der Waals surface area contributed by atoms with Crippen molar-refractivity contribution in [2.75, 3.05) is 29.4 Å². The average molecular weight is 322 g/mol. The highest BCUT2D eigenvalue weighted by Gasteiger charge is 2.32.